The van der Waals surface area contributed by atoms with E-state index >= 15 is 0 Å². The van der Waals surface area contributed by atoms with Gasteiger partial charge in [-0.2, -0.15) is 0 Å². The smallest absolute Gasteiger partial charge is 0.339 e. The van der Waals surface area contributed by atoms with Gasteiger partial charge in [-0.3, -0.25) is 0 Å². The van der Waals surface area contributed by atoms with Crippen LogP contribution >= 0.6 is 15.9 Å². The molecule has 4 heteroatoms. The molecule has 0 fully saturated rings. The van der Waals surface area contributed by atoms with Crippen molar-refractivity contribution < 1.29 is 9.53 Å². The van der Waals surface area contributed by atoms with Crippen molar-refractivity contribution in [2.75, 3.05) is 5.73 Å². The minimum Gasteiger partial charge on any atom is -0.459 e. The molecule has 1 atom stereocenters. The summed E-state index contributed by atoms with van der Waals surface area (Å²) in [6.45, 7) is 6.10. The molecule has 0 aliphatic rings. The molecular formula is C13H18BrNO2. The van der Waals surface area contributed by atoms with Crippen LogP contribution in [0.3, 0.4) is 0 Å². The number of benzene rings is 1. The first kappa shape index (κ1) is 14.0. The number of esters is 1. The Morgan fingerprint density at radius 2 is 2.06 bits per heavy atom. The van der Waals surface area contributed by atoms with Crippen molar-refractivity contribution in [1.29, 1.82) is 0 Å². The second-order valence-electron chi connectivity index (χ2n) is 4.58. The zero-order valence-electron chi connectivity index (χ0n) is 10.4. The standard InChI is InChI=1S/C13H18BrNO2/c1-8(2)6-9(3)17-13(16)11-7-10(15)4-5-12(11)14/h4-5,7-9H,6,15H2,1-3H3. The highest BCUT2D eigenvalue weighted by Gasteiger charge is 2.16. The maximum absolute atomic E-state index is 11.9. The van der Waals surface area contributed by atoms with E-state index in [-0.39, 0.29) is 12.1 Å². The van der Waals surface area contributed by atoms with Crippen molar-refractivity contribution in [2.24, 2.45) is 5.92 Å². The number of hydrogen-bond acceptors (Lipinski definition) is 3. The average molecular weight is 300 g/mol. The molecule has 1 unspecified atom stereocenters. The van der Waals surface area contributed by atoms with Crippen molar-refractivity contribution in [3.63, 3.8) is 0 Å². The van der Waals surface area contributed by atoms with Gasteiger partial charge in [0, 0.05) is 10.2 Å². The fourth-order valence-electron chi connectivity index (χ4n) is 1.66. The predicted molar refractivity (Wildman–Crippen MR) is 72.9 cm³/mol. The van der Waals surface area contributed by atoms with Gasteiger partial charge in [-0.25, -0.2) is 4.79 Å². The van der Waals surface area contributed by atoms with Crippen LogP contribution in [0.25, 0.3) is 0 Å². The lowest BCUT2D eigenvalue weighted by Crippen LogP contribution is -2.17. The molecule has 3 nitrogen and oxygen atoms in total. The number of carbonyl (C=O) groups excluding carboxylic acids is 1. The molecule has 1 aromatic carbocycles. The van der Waals surface area contributed by atoms with E-state index in [1.165, 1.54) is 0 Å². The van der Waals surface area contributed by atoms with Gasteiger partial charge in [-0.05, 0) is 53.4 Å². The van der Waals surface area contributed by atoms with E-state index in [9.17, 15) is 4.79 Å². The monoisotopic (exact) mass is 299 g/mol. The molecule has 2 N–H and O–H groups in total. The number of rotatable bonds is 4. The first-order chi connectivity index (χ1) is 7.90. The van der Waals surface area contributed by atoms with Crippen LogP contribution in [0.1, 0.15) is 37.6 Å². The van der Waals surface area contributed by atoms with E-state index in [4.69, 9.17) is 10.5 Å². The molecule has 0 saturated heterocycles. The summed E-state index contributed by atoms with van der Waals surface area (Å²) >= 11 is 3.32. The van der Waals surface area contributed by atoms with E-state index in [0.717, 1.165) is 6.42 Å². The van der Waals surface area contributed by atoms with Crippen LogP contribution in [0, 0.1) is 5.92 Å². The van der Waals surface area contributed by atoms with Gasteiger partial charge in [0.15, 0.2) is 0 Å². The molecule has 0 aliphatic carbocycles. The predicted octanol–water partition coefficient (Wildman–Crippen LogP) is 3.62. The first-order valence-corrected chi connectivity index (χ1v) is 6.45. The van der Waals surface area contributed by atoms with Crippen LogP contribution in [0.4, 0.5) is 5.69 Å². The van der Waals surface area contributed by atoms with Crippen molar-refractivity contribution in [2.45, 2.75) is 33.3 Å². The second kappa shape index (κ2) is 6.05. The van der Waals surface area contributed by atoms with Crippen LogP contribution in [0.2, 0.25) is 0 Å². The molecule has 17 heavy (non-hydrogen) atoms. The highest BCUT2D eigenvalue weighted by molar-refractivity contribution is 9.10. The van der Waals surface area contributed by atoms with E-state index < -0.39 is 0 Å². The average Bonchev–Trinajstić information content (AvgIpc) is 2.20. The maximum atomic E-state index is 11.9. The molecule has 0 saturated carbocycles. The normalized spacial score (nSPS) is 12.5. The number of nitrogen functional groups attached to an aromatic ring is 1. The van der Waals surface area contributed by atoms with Crippen molar-refractivity contribution >= 4 is 27.6 Å². The van der Waals surface area contributed by atoms with Gasteiger partial charge >= 0.3 is 5.97 Å². The van der Waals surface area contributed by atoms with E-state index in [1.54, 1.807) is 18.2 Å². The molecule has 0 radical (unpaired) electrons. The molecule has 0 aromatic heterocycles. The van der Waals surface area contributed by atoms with Crippen molar-refractivity contribution in [3.8, 4) is 0 Å². The topological polar surface area (TPSA) is 52.3 Å². The van der Waals surface area contributed by atoms with Gasteiger partial charge < -0.3 is 10.5 Å². The second-order valence-corrected chi connectivity index (χ2v) is 5.44. The van der Waals surface area contributed by atoms with Gasteiger partial charge in [0.05, 0.1) is 11.7 Å². The van der Waals surface area contributed by atoms with Crippen molar-refractivity contribution in [1.82, 2.24) is 0 Å². The summed E-state index contributed by atoms with van der Waals surface area (Å²) < 4.78 is 6.06. The molecule has 0 aliphatic heterocycles. The third-order valence-corrected chi connectivity index (χ3v) is 3.01. The van der Waals surface area contributed by atoms with Crippen LogP contribution in [-0.2, 0) is 4.74 Å². The summed E-state index contributed by atoms with van der Waals surface area (Å²) in [6.07, 6.45) is 0.766. The molecule has 0 heterocycles. The van der Waals surface area contributed by atoms with E-state index in [2.05, 4.69) is 29.8 Å². The van der Waals surface area contributed by atoms with Crippen LogP contribution < -0.4 is 5.73 Å². The van der Waals surface area contributed by atoms with Crippen molar-refractivity contribution in [3.05, 3.63) is 28.2 Å². The Bertz CT molecular complexity index is 404. The lowest BCUT2D eigenvalue weighted by molar-refractivity contribution is 0.0298. The molecule has 0 spiro atoms. The summed E-state index contributed by atoms with van der Waals surface area (Å²) in [5.74, 6) is 0.166. The van der Waals surface area contributed by atoms with E-state index in [1.807, 2.05) is 6.92 Å². The zero-order valence-corrected chi connectivity index (χ0v) is 12.0. The number of hydrogen-bond donors (Lipinski definition) is 1. The zero-order chi connectivity index (χ0) is 13.0. The fourth-order valence-corrected chi connectivity index (χ4v) is 2.07. The Kier molecular flexibility index (Phi) is 5.00. The van der Waals surface area contributed by atoms with Gasteiger partial charge in [0.25, 0.3) is 0 Å². The number of halogens is 1. The summed E-state index contributed by atoms with van der Waals surface area (Å²) in [7, 11) is 0. The largest absolute Gasteiger partial charge is 0.459 e. The number of ether oxygens (including phenoxy) is 1. The Balaban J connectivity index is 2.73. The molecule has 0 bridgehead atoms. The summed E-state index contributed by atoms with van der Waals surface area (Å²) in [5, 5.41) is 0. The Labute approximate surface area is 110 Å². The Morgan fingerprint density at radius 3 is 2.65 bits per heavy atom. The highest BCUT2D eigenvalue weighted by atomic mass is 79.9. The molecular weight excluding hydrogens is 282 g/mol. The summed E-state index contributed by atoms with van der Waals surface area (Å²) in [5.41, 5.74) is 6.67. The van der Waals surface area contributed by atoms with Gasteiger partial charge in [-0.15, -0.1) is 0 Å². The van der Waals surface area contributed by atoms with Crippen LogP contribution in [0.15, 0.2) is 22.7 Å². The SMILES string of the molecule is CC(C)CC(C)OC(=O)c1cc(N)ccc1Br. The van der Waals surface area contributed by atoms with Gasteiger partial charge in [-0.1, -0.05) is 13.8 Å². The Hall–Kier alpha value is -1.03. The van der Waals surface area contributed by atoms with Gasteiger partial charge in [0.2, 0.25) is 0 Å². The number of anilines is 1. The summed E-state index contributed by atoms with van der Waals surface area (Å²) in [6, 6.07) is 5.10. The minimum absolute atomic E-state index is 0.0872. The number of carbonyl (C=O) groups is 1. The molecule has 0 amide bonds. The van der Waals surface area contributed by atoms with Gasteiger partial charge in [0.1, 0.15) is 0 Å². The molecule has 94 valence electrons. The molecule has 1 rings (SSSR count). The number of nitrogens with two attached hydrogens (primary N) is 1. The molecule has 1 aromatic rings. The maximum Gasteiger partial charge on any atom is 0.339 e. The lowest BCUT2D eigenvalue weighted by Gasteiger charge is -2.15. The van der Waals surface area contributed by atoms with Crippen LogP contribution in [0.5, 0.6) is 0 Å². The lowest BCUT2D eigenvalue weighted by atomic mass is 10.1. The highest BCUT2D eigenvalue weighted by Crippen LogP contribution is 2.21. The fraction of sp³-hybridized carbons (Fsp3) is 0.462. The third-order valence-electron chi connectivity index (χ3n) is 2.32. The minimum atomic E-state index is -0.336. The quantitative estimate of drug-likeness (QED) is 0.682. The first-order valence-electron chi connectivity index (χ1n) is 5.66. The van der Waals surface area contributed by atoms with E-state index in [0.29, 0.717) is 21.6 Å². The summed E-state index contributed by atoms with van der Waals surface area (Å²) in [4.78, 5) is 11.9. The Morgan fingerprint density at radius 1 is 1.41 bits per heavy atom. The van der Waals surface area contributed by atoms with Crippen LogP contribution in [-0.4, -0.2) is 12.1 Å². The third kappa shape index (κ3) is 4.38.